The SMILES string of the molecule is Cc1c(N2CCCN(S(=O)(=O)c3cc(Cl)ccc3Cl)CC2)ccc2oc(C3CN(C=O)CCO3)cc12. The zero-order valence-corrected chi connectivity index (χ0v) is 22.2. The number of furan rings is 1. The standard InChI is InChI=1S/C25H27Cl2N3O5S/c1-17-19-14-23(24-15-28(16-31)11-12-34-24)35-22(19)6-5-21(17)29-7-2-8-30(10-9-29)36(32,33)25-13-18(26)3-4-20(25)27/h3-6,13-14,16,24H,2,7-12,15H2,1H3. The van der Waals surface area contributed by atoms with E-state index in [0.29, 0.717) is 63.1 Å². The van der Waals surface area contributed by atoms with Crippen LogP contribution in [0.5, 0.6) is 0 Å². The lowest BCUT2D eigenvalue weighted by Gasteiger charge is -2.28. The summed E-state index contributed by atoms with van der Waals surface area (Å²) in [4.78, 5) is 15.1. The Balaban J connectivity index is 1.37. The Morgan fingerprint density at radius 1 is 1.03 bits per heavy atom. The van der Waals surface area contributed by atoms with Crippen molar-refractivity contribution in [1.82, 2.24) is 9.21 Å². The highest BCUT2D eigenvalue weighted by molar-refractivity contribution is 7.89. The van der Waals surface area contributed by atoms with Gasteiger partial charge in [0.1, 0.15) is 22.3 Å². The third kappa shape index (κ3) is 4.82. The van der Waals surface area contributed by atoms with Crippen molar-refractivity contribution in [3.63, 3.8) is 0 Å². The second kappa shape index (κ2) is 10.2. The largest absolute Gasteiger partial charge is 0.458 e. The maximum Gasteiger partial charge on any atom is 0.244 e. The molecule has 3 heterocycles. The van der Waals surface area contributed by atoms with Crippen LogP contribution in [0, 0.1) is 6.92 Å². The average molecular weight is 552 g/mol. The molecule has 0 N–H and O–H groups in total. The van der Waals surface area contributed by atoms with E-state index in [1.165, 1.54) is 16.4 Å². The highest BCUT2D eigenvalue weighted by Crippen LogP contribution is 2.35. The molecule has 1 atom stereocenters. The van der Waals surface area contributed by atoms with Gasteiger partial charge in [0, 0.05) is 48.8 Å². The van der Waals surface area contributed by atoms with Crippen LogP contribution in [0.1, 0.15) is 23.8 Å². The van der Waals surface area contributed by atoms with Crippen LogP contribution in [0.3, 0.4) is 0 Å². The summed E-state index contributed by atoms with van der Waals surface area (Å²) in [5.41, 5.74) is 2.85. The second-order valence-corrected chi connectivity index (χ2v) is 11.8. The first-order valence-electron chi connectivity index (χ1n) is 11.8. The monoisotopic (exact) mass is 551 g/mol. The van der Waals surface area contributed by atoms with Gasteiger partial charge in [-0.05, 0) is 55.3 Å². The van der Waals surface area contributed by atoms with Gasteiger partial charge in [-0.25, -0.2) is 8.42 Å². The Kier molecular flexibility index (Phi) is 7.20. The molecule has 2 aliphatic rings. The molecule has 0 bridgehead atoms. The van der Waals surface area contributed by atoms with Gasteiger partial charge in [-0.1, -0.05) is 23.2 Å². The van der Waals surface area contributed by atoms with Crippen LogP contribution in [-0.4, -0.2) is 69.9 Å². The number of fused-ring (bicyclic) bond motifs is 1. The number of carbonyl (C=O) groups excluding carboxylic acids is 1. The van der Waals surface area contributed by atoms with Gasteiger partial charge in [-0.15, -0.1) is 0 Å². The lowest BCUT2D eigenvalue weighted by molar-refractivity contribution is -0.126. The Morgan fingerprint density at radius 2 is 1.86 bits per heavy atom. The van der Waals surface area contributed by atoms with Crippen molar-refractivity contribution in [1.29, 1.82) is 0 Å². The number of amides is 1. The zero-order valence-electron chi connectivity index (χ0n) is 19.8. The summed E-state index contributed by atoms with van der Waals surface area (Å²) in [6, 6.07) is 10.4. The fourth-order valence-electron chi connectivity index (χ4n) is 4.89. The van der Waals surface area contributed by atoms with Crippen molar-refractivity contribution in [3.8, 4) is 0 Å². The molecule has 0 saturated carbocycles. The van der Waals surface area contributed by atoms with Gasteiger partial charge in [0.25, 0.3) is 0 Å². The minimum Gasteiger partial charge on any atom is -0.458 e. The Labute approximate surface area is 220 Å². The minimum atomic E-state index is -3.77. The van der Waals surface area contributed by atoms with Gasteiger partial charge in [-0.2, -0.15) is 4.31 Å². The molecular weight excluding hydrogens is 525 g/mol. The fraction of sp³-hybridized carbons (Fsp3) is 0.400. The Bertz CT molecular complexity index is 1390. The van der Waals surface area contributed by atoms with E-state index >= 15 is 0 Å². The number of rotatable bonds is 5. The molecule has 1 unspecified atom stereocenters. The summed E-state index contributed by atoms with van der Waals surface area (Å²) < 4.78 is 40.0. The summed E-state index contributed by atoms with van der Waals surface area (Å²) in [6.45, 7) is 5.53. The molecule has 0 radical (unpaired) electrons. The number of sulfonamides is 1. The lowest BCUT2D eigenvalue weighted by Crippen LogP contribution is -2.37. The number of hydrogen-bond donors (Lipinski definition) is 0. The van der Waals surface area contributed by atoms with Crippen molar-refractivity contribution in [2.45, 2.75) is 24.3 Å². The van der Waals surface area contributed by atoms with Gasteiger partial charge in [0.15, 0.2) is 0 Å². The molecule has 0 spiro atoms. The summed E-state index contributed by atoms with van der Waals surface area (Å²) >= 11 is 12.2. The average Bonchev–Trinajstić information content (AvgIpc) is 3.16. The number of hydrogen-bond acceptors (Lipinski definition) is 6. The first kappa shape index (κ1) is 25.4. The normalized spacial score (nSPS) is 20.0. The van der Waals surface area contributed by atoms with Crippen LogP contribution >= 0.6 is 23.2 Å². The fourth-order valence-corrected chi connectivity index (χ4v) is 7.09. The number of benzene rings is 2. The van der Waals surface area contributed by atoms with Crippen LogP contribution in [0.15, 0.2) is 45.7 Å². The molecule has 0 aliphatic carbocycles. The van der Waals surface area contributed by atoms with Crippen molar-refractivity contribution < 1.29 is 22.4 Å². The van der Waals surface area contributed by atoms with E-state index in [9.17, 15) is 13.2 Å². The predicted octanol–water partition coefficient (Wildman–Crippen LogP) is 4.48. The van der Waals surface area contributed by atoms with E-state index < -0.39 is 10.0 Å². The van der Waals surface area contributed by atoms with E-state index in [1.807, 2.05) is 25.1 Å². The second-order valence-electron chi connectivity index (χ2n) is 9.05. The first-order valence-corrected chi connectivity index (χ1v) is 14.0. The van der Waals surface area contributed by atoms with Crippen LogP contribution in [0.2, 0.25) is 10.0 Å². The predicted molar refractivity (Wildman–Crippen MR) is 139 cm³/mol. The number of aryl methyl sites for hydroxylation is 1. The molecule has 2 aromatic carbocycles. The molecule has 8 nitrogen and oxygen atoms in total. The lowest BCUT2D eigenvalue weighted by atomic mass is 10.1. The molecule has 11 heteroatoms. The van der Waals surface area contributed by atoms with E-state index in [4.69, 9.17) is 32.4 Å². The van der Waals surface area contributed by atoms with Gasteiger partial charge in [0.2, 0.25) is 16.4 Å². The summed E-state index contributed by atoms with van der Waals surface area (Å²) in [6.07, 6.45) is 1.21. The number of morpholine rings is 1. The summed E-state index contributed by atoms with van der Waals surface area (Å²) in [7, 11) is -3.77. The van der Waals surface area contributed by atoms with E-state index in [2.05, 4.69) is 4.90 Å². The van der Waals surface area contributed by atoms with Crippen LogP contribution in [0.4, 0.5) is 5.69 Å². The summed E-state index contributed by atoms with van der Waals surface area (Å²) in [5.74, 6) is 0.698. The summed E-state index contributed by atoms with van der Waals surface area (Å²) in [5, 5.41) is 1.47. The third-order valence-electron chi connectivity index (χ3n) is 6.83. The number of anilines is 1. The van der Waals surface area contributed by atoms with Crippen LogP contribution in [-0.2, 0) is 19.6 Å². The van der Waals surface area contributed by atoms with Crippen molar-refractivity contribution in [2.75, 3.05) is 50.8 Å². The number of nitrogens with zero attached hydrogens (tertiary/aromatic N) is 3. The highest BCUT2D eigenvalue weighted by Gasteiger charge is 2.30. The van der Waals surface area contributed by atoms with Crippen molar-refractivity contribution in [3.05, 3.63) is 57.8 Å². The maximum atomic E-state index is 13.3. The number of ether oxygens (including phenoxy) is 1. The zero-order chi connectivity index (χ0) is 25.4. The van der Waals surface area contributed by atoms with Gasteiger partial charge in [-0.3, -0.25) is 4.79 Å². The molecule has 2 fully saturated rings. The number of halogens is 2. The number of carbonyl (C=O) groups is 1. The van der Waals surface area contributed by atoms with Crippen molar-refractivity contribution >= 4 is 56.3 Å². The van der Waals surface area contributed by atoms with E-state index in [1.54, 1.807) is 11.0 Å². The molecule has 1 aromatic heterocycles. The topological polar surface area (TPSA) is 83.3 Å². The smallest absolute Gasteiger partial charge is 0.244 e. The molecule has 2 saturated heterocycles. The third-order valence-corrected chi connectivity index (χ3v) is 9.45. The Hall–Kier alpha value is -2.30. The van der Waals surface area contributed by atoms with E-state index in [0.717, 1.165) is 28.6 Å². The van der Waals surface area contributed by atoms with Crippen LogP contribution < -0.4 is 4.90 Å². The molecule has 36 heavy (non-hydrogen) atoms. The molecule has 5 rings (SSSR count). The van der Waals surface area contributed by atoms with Crippen molar-refractivity contribution in [2.24, 2.45) is 0 Å². The molecule has 1 amide bonds. The Morgan fingerprint density at radius 3 is 2.67 bits per heavy atom. The van der Waals surface area contributed by atoms with Gasteiger partial charge >= 0.3 is 0 Å². The van der Waals surface area contributed by atoms with Gasteiger partial charge in [0.05, 0.1) is 18.2 Å². The van der Waals surface area contributed by atoms with Gasteiger partial charge < -0.3 is 19.0 Å². The molecule has 3 aromatic rings. The first-order chi connectivity index (χ1) is 17.3. The quantitative estimate of drug-likeness (QED) is 0.435. The minimum absolute atomic E-state index is 0.0340. The van der Waals surface area contributed by atoms with Crippen LogP contribution in [0.25, 0.3) is 11.0 Å². The molecule has 2 aliphatic heterocycles. The molecular formula is C25H27Cl2N3O5S. The van der Waals surface area contributed by atoms with E-state index in [-0.39, 0.29) is 16.0 Å². The highest BCUT2D eigenvalue weighted by atomic mass is 35.5. The maximum absolute atomic E-state index is 13.3. The molecule has 192 valence electrons.